The van der Waals surface area contributed by atoms with Crippen molar-refractivity contribution in [1.29, 1.82) is 0 Å². The minimum absolute atomic E-state index is 1.17. The van der Waals surface area contributed by atoms with Gasteiger partial charge in [0, 0.05) is 18.9 Å². The highest BCUT2D eigenvalue weighted by Crippen LogP contribution is 2.12. The van der Waals surface area contributed by atoms with Gasteiger partial charge in [-0.25, -0.2) is 0 Å². The van der Waals surface area contributed by atoms with Crippen LogP contribution in [0.1, 0.15) is 26.2 Å². The van der Waals surface area contributed by atoms with Gasteiger partial charge in [0.15, 0.2) is 0 Å². The van der Waals surface area contributed by atoms with Crippen molar-refractivity contribution in [2.24, 2.45) is 0 Å². The SMILES string of the molecule is CCCCCN1C=CSC=C1. The molecule has 0 unspecified atom stereocenters. The molecule has 0 fully saturated rings. The lowest BCUT2D eigenvalue weighted by molar-refractivity contribution is 0.477. The predicted octanol–water partition coefficient (Wildman–Crippen LogP) is 3.17. The molecule has 0 N–H and O–H groups in total. The topological polar surface area (TPSA) is 3.24 Å². The molecule has 0 atom stereocenters. The largest absolute Gasteiger partial charge is 0.353 e. The zero-order valence-electron chi connectivity index (χ0n) is 6.99. The summed E-state index contributed by atoms with van der Waals surface area (Å²) in [6, 6.07) is 0. The summed E-state index contributed by atoms with van der Waals surface area (Å²) in [5, 5.41) is 4.23. The molecule has 0 amide bonds. The molecule has 0 aliphatic carbocycles. The van der Waals surface area contributed by atoms with Crippen molar-refractivity contribution in [2.75, 3.05) is 6.54 Å². The molecule has 11 heavy (non-hydrogen) atoms. The highest BCUT2D eigenvalue weighted by atomic mass is 32.2. The van der Waals surface area contributed by atoms with E-state index in [0.717, 1.165) is 0 Å². The van der Waals surface area contributed by atoms with Crippen molar-refractivity contribution >= 4 is 11.8 Å². The number of thioether (sulfide) groups is 1. The summed E-state index contributed by atoms with van der Waals surface area (Å²) in [7, 11) is 0. The second-order valence-electron chi connectivity index (χ2n) is 2.65. The van der Waals surface area contributed by atoms with Crippen molar-refractivity contribution in [3.63, 3.8) is 0 Å². The van der Waals surface area contributed by atoms with Gasteiger partial charge in [0.1, 0.15) is 0 Å². The van der Waals surface area contributed by atoms with E-state index in [9.17, 15) is 0 Å². The summed E-state index contributed by atoms with van der Waals surface area (Å²) in [5.74, 6) is 0. The van der Waals surface area contributed by atoms with Crippen molar-refractivity contribution < 1.29 is 0 Å². The first-order valence-electron chi connectivity index (χ1n) is 4.18. The quantitative estimate of drug-likeness (QED) is 0.595. The Bertz CT molecular complexity index is 140. The number of hydrogen-bond donors (Lipinski definition) is 0. The van der Waals surface area contributed by atoms with E-state index < -0.39 is 0 Å². The van der Waals surface area contributed by atoms with E-state index >= 15 is 0 Å². The Morgan fingerprint density at radius 2 is 1.91 bits per heavy atom. The lowest BCUT2D eigenvalue weighted by atomic mass is 10.2. The van der Waals surface area contributed by atoms with Crippen LogP contribution in [-0.4, -0.2) is 11.4 Å². The van der Waals surface area contributed by atoms with Gasteiger partial charge in [-0.3, -0.25) is 0 Å². The molecule has 0 saturated carbocycles. The van der Waals surface area contributed by atoms with Gasteiger partial charge < -0.3 is 4.90 Å². The Morgan fingerprint density at radius 3 is 2.55 bits per heavy atom. The van der Waals surface area contributed by atoms with Gasteiger partial charge in [-0.15, -0.1) is 11.8 Å². The second kappa shape index (κ2) is 5.30. The van der Waals surface area contributed by atoms with Gasteiger partial charge in [-0.1, -0.05) is 19.8 Å². The molecule has 1 nitrogen and oxygen atoms in total. The Kier molecular flexibility index (Phi) is 4.21. The first kappa shape index (κ1) is 8.72. The molecule has 0 radical (unpaired) electrons. The third-order valence-corrected chi connectivity index (χ3v) is 2.24. The van der Waals surface area contributed by atoms with Crippen LogP contribution in [0.5, 0.6) is 0 Å². The van der Waals surface area contributed by atoms with Crippen LogP contribution in [0, 0.1) is 0 Å². The molecule has 1 aliphatic heterocycles. The maximum atomic E-state index is 2.24. The van der Waals surface area contributed by atoms with E-state index in [2.05, 4.69) is 35.0 Å². The molecule has 0 aromatic heterocycles. The van der Waals surface area contributed by atoms with E-state index in [0.29, 0.717) is 0 Å². The van der Waals surface area contributed by atoms with Crippen molar-refractivity contribution in [1.82, 2.24) is 4.90 Å². The number of hydrogen-bond acceptors (Lipinski definition) is 2. The Balaban J connectivity index is 2.10. The molecule has 0 aromatic rings. The lowest BCUT2D eigenvalue weighted by Crippen LogP contribution is -2.11. The zero-order chi connectivity index (χ0) is 7.94. The fourth-order valence-electron chi connectivity index (χ4n) is 1.02. The minimum Gasteiger partial charge on any atom is -0.353 e. The van der Waals surface area contributed by atoms with Crippen molar-refractivity contribution in [3.8, 4) is 0 Å². The number of rotatable bonds is 4. The minimum atomic E-state index is 1.17. The van der Waals surface area contributed by atoms with Gasteiger partial charge in [-0.2, -0.15) is 0 Å². The van der Waals surface area contributed by atoms with E-state index in [-0.39, 0.29) is 0 Å². The smallest absolute Gasteiger partial charge is 0.0220 e. The number of nitrogens with zero attached hydrogens (tertiary/aromatic N) is 1. The van der Waals surface area contributed by atoms with Crippen LogP contribution in [0.15, 0.2) is 23.2 Å². The maximum absolute atomic E-state index is 2.24. The molecule has 1 aliphatic rings. The van der Waals surface area contributed by atoms with Crippen LogP contribution in [0.3, 0.4) is 0 Å². The summed E-state index contributed by atoms with van der Waals surface area (Å²) < 4.78 is 0. The molecule has 62 valence electrons. The van der Waals surface area contributed by atoms with Crippen LogP contribution >= 0.6 is 11.8 Å². The van der Waals surface area contributed by atoms with Crippen molar-refractivity contribution in [3.05, 3.63) is 23.2 Å². The third-order valence-electron chi connectivity index (χ3n) is 1.68. The molecular formula is C9H15NS. The van der Waals surface area contributed by atoms with Gasteiger partial charge in [0.2, 0.25) is 0 Å². The third kappa shape index (κ3) is 3.51. The average molecular weight is 169 g/mol. The predicted molar refractivity (Wildman–Crippen MR) is 52.1 cm³/mol. The van der Waals surface area contributed by atoms with Crippen molar-refractivity contribution in [2.45, 2.75) is 26.2 Å². The summed E-state index contributed by atoms with van der Waals surface area (Å²) in [6.07, 6.45) is 8.22. The zero-order valence-corrected chi connectivity index (χ0v) is 7.81. The summed E-state index contributed by atoms with van der Waals surface area (Å²) in [5.41, 5.74) is 0. The van der Waals surface area contributed by atoms with Gasteiger partial charge in [0.05, 0.1) is 0 Å². The van der Waals surface area contributed by atoms with Crippen LogP contribution in [0.2, 0.25) is 0 Å². The van der Waals surface area contributed by atoms with E-state index in [1.807, 2.05) is 0 Å². The highest BCUT2D eigenvalue weighted by molar-refractivity contribution is 8.04. The van der Waals surface area contributed by atoms with E-state index in [1.54, 1.807) is 11.8 Å². The Hall–Kier alpha value is -0.370. The first-order chi connectivity index (χ1) is 5.43. The molecule has 1 heterocycles. The standard InChI is InChI=1S/C9H15NS/c1-2-3-4-5-10-6-8-11-9-7-10/h6-9H,2-5H2,1H3. The van der Waals surface area contributed by atoms with E-state index in [4.69, 9.17) is 0 Å². The molecule has 0 saturated heterocycles. The monoisotopic (exact) mass is 169 g/mol. The summed E-state index contributed by atoms with van der Waals surface area (Å²) in [6.45, 7) is 3.40. The molecular weight excluding hydrogens is 154 g/mol. The van der Waals surface area contributed by atoms with Crippen LogP contribution in [-0.2, 0) is 0 Å². The summed E-state index contributed by atoms with van der Waals surface area (Å²) >= 11 is 1.74. The molecule has 0 aromatic carbocycles. The summed E-state index contributed by atoms with van der Waals surface area (Å²) in [4.78, 5) is 2.24. The fraction of sp³-hybridized carbons (Fsp3) is 0.556. The highest BCUT2D eigenvalue weighted by Gasteiger charge is 1.95. The molecule has 0 spiro atoms. The fourth-order valence-corrected chi connectivity index (χ4v) is 1.56. The average Bonchev–Trinajstić information content (AvgIpc) is 2.07. The normalized spacial score (nSPS) is 15.9. The van der Waals surface area contributed by atoms with Crippen LogP contribution < -0.4 is 0 Å². The van der Waals surface area contributed by atoms with Crippen LogP contribution in [0.4, 0.5) is 0 Å². The molecule has 2 heteroatoms. The van der Waals surface area contributed by atoms with Crippen LogP contribution in [0.25, 0.3) is 0 Å². The Labute approximate surface area is 73.2 Å². The van der Waals surface area contributed by atoms with Gasteiger partial charge >= 0.3 is 0 Å². The molecule has 1 rings (SSSR count). The second-order valence-corrected chi connectivity index (χ2v) is 3.47. The molecule has 0 bridgehead atoms. The van der Waals surface area contributed by atoms with Gasteiger partial charge in [0.25, 0.3) is 0 Å². The van der Waals surface area contributed by atoms with Gasteiger partial charge in [-0.05, 0) is 17.2 Å². The Morgan fingerprint density at radius 1 is 1.18 bits per heavy atom. The number of unbranched alkanes of at least 4 members (excludes halogenated alkanes) is 2. The first-order valence-corrected chi connectivity index (χ1v) is 5.12. The maximum Gasteiger partial charge on any atom is 0.0220 e. The lowest BCUT2D eigenvalue weighted by Gasteiger charge is -2.16. The van der Waals surface area contributed by atoms with E-state index in [1.165, 1.54) is 25.8 Å².